The first-order valence-electron chi connectivity index (χ1n) is 13.3. The molecule has 3 aromatic heterocycles. The van der Waals surface area contributed by atoms with Crippen LogP contribution in [0.5, 0.6) is 0 Å². The summed E-state index contributed by atoms with van der Waals surface area (Å²) < 4.78 is 1.70. The van der Waals surface area contributed by atoms with E-state index in [4.69, 9.17) is 4.98 Å². The lowest BCUT2D eigenvalue weighted by Crippen LogP contribution is -2.40. The number of aryl methyl sites for hydroxylation is 1. The van der Waals surface area contributed by atoms with Crippen molar-refractivity contribution < 1.29 is 9.90 Å². The minimum atomic E-state index is -0.860. The number of nitrogens with zero attached hydrogens (tertiary/aromatic N) is 5. The standard InChI is InChI=1S/C26H32N6O3.C2H6/c1-16-20-15-28-25(29-21-9-8-18(14-27-21)26(35)10-12-31(3)13-11-26)30-23(20)32(19-6-4-5-7-19)24(34)22(16)17(2)33;1-2/h8-9,14-15,19,35H,4-7,10-13H2,1-3H3,(H,27,28,29,30);1-2H3. The van der Waals surface area contributed by atoms with E-state index in [0.29, 0.717) is 41.2 Å². The molecule has 0 spiro atoms. The molecular weight excluding hydrogens is 468 g/mol. The normalized spacial score (nSPS) is 17.9. The number of aliphatic hydroxyl groups is 1. The Kier molecular flexibility index (Phi) is 8.04. The van der Waals surface area contributed by atoms with Gasteiger partial charge in [-0.3, -0.25) is 14.2 Å². The van der Waals surface area contributed by atoms with Crippen LogP contribution in [0.3, 0.4) is 0 Å². The van der Waals surface area contributed by atoms with E-state index in [0.717, 1.165) is 44.3 Å². The van der Waals surface area contributed by atoms with E-state index < -0.39 is 5.60 Å². The summed E-state index contributed by atoms with van der Waals surface area (Å²) >= 11 is 0. The number of rotatable bonds is 5. The van der Waals surface area contributed by atoms with Crippen molar-refractivity contribution in [1.29, 1.82) is 0 Å². The summed E-state index contributed by atoms with van der Waals surface area (Å²) in [5.74, 6) is 0.646. The topological polar surface area (TPSA) is 113 Å². The van der Waals surface area contributed by atoms with Crippen LogP contribution in [0.2, 0.25) is 0 Å². The zero-order chi connectivity index (χ0) is 26.7. The second kappa shape index (κ2) is 11.1. The van der Waals surface area contributed by atoms with Gasteiger partial charge in [-0.1, -0.05) is 32.8 Å². The summed E-state index contributed by atoms with van der Waals surface area (Å²) in [6.07, 6.45) is 8.61. The van der Waals surface area contributed by atoms with E-state index in [-0.39, 0.29) is 22.9 Å². The SMILES string of the molecule is CC.CC(=O)c1c(C)c2cnc(Nc3ccc(C4(O)CCN(C)CC4)cn3)nc2n(C2CCCC2)c1=O. The number of ketones is 1. The lowest BCUT2D eigenvalue weighted by atomic mass is 9.85. The third kappa shape index (κ3) is 5.29. The first kappa shape index (κ1) is 26.9. The molecule has 0 unspecified atom stereocenters. The molecule has 2 aliphatic rings. The molecule has 5 rings (SSSR count). The number of fused-ring (bicyclic) bond motifs is 1. The van der Waals surface area contributed by atoms with E-state index in [9.17, 15) is 14.7 Å². The molecule has 0 aromatic carbocycles. The van der Waals surface area contributed by atoms with Gasteiger partial charge in [0.25, 0.3) is 5.56 Å². The molecule has 4 heterocycles. The van der Waals surface area contributed by atoms with Crippen molar-refractivity contribution in [3.05, 3.63) is 51.6 Å². The highest BCUT2D eigenvalue weighted by molar-refractivity contribution is 5.99. The van der Waals surface area contributed by atoms with Gasteiger partial charge >= 0.3 is 0 Å². The largest absolute Gasteiger partial charge is 0.385 e. The number of hydrogen-bond donors (Lipinski definition) is 2. The number of piperidine rings is 1. The molecule has 1 saturated heterocycles. The lowest BCUT2D eigenvalue weighted by molar-refractivity contribution is -0.0205. The Balaban J connectivity index is 0.00000156. The van der Waals surface area contributed by atoms with Crippen LogP contribution in [-0.4, -0.2) is 55.4 Å². The van der Waals surface area contributed by atoms with Crippen molar-refractivity contribution in [2.45, 2.75) is 77.9 Å². The number of Topliss-reactive ketones (excluding diaryl/α,β-unsaturated/α-hetero) is 1. The number of likely N-dealkylation sites (tertiary alicyclic amines) is 1. The van der Waals surface area contributed by atoms with Crippen LogP contribution in [0.1, 0.15) is 86.8 Å². The molecule has 0 amide bonds. The summed E-state index contributed by atoms with van der Waals surface area (Å²) in [7, 11) is 2.06. The van der Waals surface area contributed by atoms with E-state index >= 15 is 0 Å². The Morgan fingerprint density at radius 1 is 1.11 bits per heavy atom. The van der Waals surface area contributed by atoms with Crippen LogP contribution in [0.15, 0.2) is 29.3 Å². The van der Waals surface area contributed by atoms with Gasteiger partial charge in [-0.15, -0.1) is 0 Å². The average molecular weight is 507 g/mol. The molecule has 0 radical (unpaired) electrons. The summed E-state index contributed by atoms with van der Waals surface area (Å²) in [6.45, 7) is 8.90. The van der Waals surface area contributed by atoms with Gasteiger partial charge in [0.2, 0.25) is 5.95 Å². The minimum Gasteiger partial charge on any atom is -0.385 e. The molecule has 0 atom stereocenters. The molecule has 9 heteroatoms. The van der Waals surface area contributed by atoms with Gasteiger partial charge in [-0.05, 0) is 58.2 Å². The van der Waals surface area contributed by atoms with Crippen molar-refractivity contribution in [2.75, 3.05) is 25.5 Å². The van der Waals surface area contributed by atoms with Crippen molar-refractivity contribution in [3.63, 3.8) is 0 Å². The molecule has 1 saturated carbocycles. The second-order valence-electron chi connectivity index (χ2n) is 9.99. The van der Waals surface area contributed by atoms with Gasteiger partial charge in [0.15, 0.2) is 5.78 Å². The highest BCUT2D eigenvalue weighted by Gasteiger charge is 2.33. The minimum absolute atomic E-state index is 0.0270. The van der Waals surface area contributed by atoms with E-state index in [1.807, 2.05) is 26.0 Å². The Bertz CT molecular complexity index is 1320. The molecule has 2 fully saturated rings. The number of nitrogens with one attached hydrogen (secondary N) is 1. The van der Waals surface area contributed by atoms with E-state index in [1.165, 1.54) is 6.92 Å². The van der Waals surface area contributed by atoms with E-state index in [1.54, 1.807) is 23.9 Å². The van der Waals surface area contributed by atoms with Crippen LogP contribution in [0.25, 0.3) is 11.0 Å². The summed E-state index contributed by atoms with van der Waals surface area (Å²) in [4.78, 5) is 41.5. The first-order chi connectivity index (χ1) is 17.8. The maximum Gasteiger partial charge on any atom is 0.263 e. The highest BCUT2D eigenvalue weighted by atomic mass is 16.3. The number of carbonyl (C=O) groups excluding carboxylic acids is 1. The van der Waals surface area contributed by atoms with Gasteiger partial charge in [0, 0.05) is 42.5 Å². The maximum atomic E-state index is 13.4. The third-order valence-electron chi connectivity index (χ3n) is 7.61. The summed E-state index contributed by atoms with van der Waals surface area (Å²) in [6, 6.07) is 3.73. The average Bonchev–Trinajstić information content (AvgIpc) is 3.42. The first-order valence-corrected chi connectivity index (χ1v) is 13.3. The summed E-state index contributed by atoms with van der Waals surface area (Å²) in [5, 5.41) is 14.9. The Hall–Kier alpha value is -3.17. The van der Waals surface area contributed by atoms with Gasteiger partial charge in [0.05, 0.1) is 11.2 Å². The lowest BCUT2D eigenvalue weighted by Gasteiger charge is -2.36. The fourth-order valence-electron chi connectivity index (χ4n) is 5.44. The maximum absolute atomic E-state index is 13.4. The molecule has 1 aliphatic heterocycles. The van der Waals surface area contributed by atoms with E-state index in [2.05, 4.69) is 27.2 Å². The Morgan fingerprint density at radius 2 is 1.78 bits per heavy atom. The fourth-order valence-corrected chi connectivity index (χ4v) is 5.44. The second-order valence-corrected chi connectivity index (χ2v) is 9.99. The molecular formula is C28H38N6O3. The van der Waals surface area contributed by atoms with Crippen molar-refractivity contribution >= 4 is 28.6 Å². The number of carbonyl (C=O) groups is 1. The van der Waals surface area contributed by atoms with Gasteiger partial charge < -0.3 is 15.3 Å². The van der Waals surface area contributed by atoms with Crippen LogP contribution in [-0.2, 0) is 5.60 Å². The number of pyridine rings is 2. The van der Waals surface area contributed by atoms with Crippen molar-refractivity contribution in [1.82, 2.24) is 24.4 Å². The highest BCUT2D eigenvalue weighted by Crippen LogP contribution is 2.33. The van der Waals surface area contributed by atoms with Gasteiger partial charge in [-0.2, -0.15) is 4.98 Å². The van der Waals surface area contributed by atoms with Gasteiger partial charge in [0.1, 0.15) is 11.5 Å². The van der Waals surface area contributed by atoms with Crippen molar-refractivity contribution in [3.8, 4) is 0 Å². The molecule has 1 aliphatic carbocycles. The number of aromatic nitrogens is 4. The predicted molar refractivity (Wildman–Crippen MR) is 146 cm³/mol. The van der Waals surface area contributed by atoms with Crippen LogP contribution < -0.4 is 10.9 Å². The van der Waals surface area contributed by atoms with Crippen LogP contribution >= 0.6 is 0 Å². The fraction of sp³-hybridized carbons (Fsp3) is 0.536. The number of hydrogen-bond acceptors (Lipinski definition) is 8. The zero-order valence-corrected chi connectivity index (χ0v) is 22.5. The monoisotopic (exact) mass is 506 g/mol. The molecule has 2 N–H and O–H groups in total. The van der Waals surface area contributed by atoms with Gasteiger partial charge in [-0.25, -0.2) is 9.97 Å². The predicted octanol–water partition coefficient (Wildman–Crippen LogP) is 4.50. The Morgan fingerprint density at radius 3 is 2.38 bits per heavy atom. The zero-order valence-electron chi connectivity index (χ0n) is 22.5. The smallest absolute Gasteiger partial charge is 0.263 e. The Labute approximate surface area is 218 Å². The molecule has 37 heavy (non-hydrogen) atoms. The summed E-state index contributed by atoms with van der Waals surface area (Å²) in [5.41, 5.74) is 1.05. The third-order valence-corrected chi connectivity index (χ3v) is 7.61. The quantitative estimate of drug-likeness (QED) is 0.487. The van der Waals surface area contributed by atoms with Crippen molar-refractivity contribution in [2.24, 2.45) is 0 Å². The molecule has 9 nitrogen and oxygen atoms in total. The number of anilines is 2. The van der Waals surface area contributed by atoms with Crippen LogP contribution in [0.4, 0.5) is 11.8 Å². The molecule has 198 valence electrons. The molecule has 0 bridgehead atoms. The molecule has 3 aromatic rings. The van der Waals surface area contributed by atoms with Crippen LogP contribution in [0, 0.1) is 6.92 Å².